The van der Waals surface area contributed by atoms with Crippen LogP contribution >= 0.6 is 0 Å². The van der Waals surface area contributed by atoms with Gasteiger partial charge in [-0.1, -0.05) is 32.0 Å². The summed E-state index contributed by atoms with van der Waals surface area (Å²) in [7, 11) is 1.65. The van der Waals surface area contributed by atoms with Crippen LogP contribution in [0.5, 0.6) is 5.75 Å². The predicted octanol–water partition coefficient (Wildman–Crippen LogP) is 4.70. The van der Waals surface area contributed by atoms with Crippen LogP contribution in [0.2, 0.25) is 0 Å². The van der Waals surface area contributed by atoms with E-state index in [1.54, 1.807) is 13.2 Å². The molecule has 4 rings (SSSR count). The van der Waals surface area contributed by atoms with Crippen LogP contribution < -0.4 is 9.64 Å². The van der Waals surface area contributed by atoms with Crippen molar-refractivity contribution in [1.29, 1.82) is 5.26 Å². The minimum absolute atomic E-state index is 0.0362. The molecular formula is C26H28N4O3. The zero-order valence-corrected chi connectivity index (χ0v) is 19.4. The van der Waals surface area contributed by atoms with Gasteiger partial charge in [-0.2, -0.15) is 5.26 Å². The van der Waals surface area contributed by atoms with Crippen LogP contribution in [0.15, 0.2) is 53.3 Å². The summed E-state index contributed by atoms with van der Waals surface area (Å²) < 4.78 is 10.6. The van der Waals surface area contributed by atoms with Gasteiger partial charge in [-0.25, -0.2) is 4.98 Å². The molecule has 1 aliphatic rings. The average Bonchev–Trinajstić information content (AvgIpc) is 3.37. The van der Waals surface area contributed by atoms with Crippen LogP contribution in [-0.4, -0.2) is 48.6 Å². The van der Waals surface area contributed by atoms with Crippen LogP contribution in [0.1, 0.15) is 48.3 Å². The van der Waals surface area contributed by atoms with Gasteiger partial charge in [0.2, 0.25) is 0 Å². The number of aromatic nitrogens is 1. The highest BCUT2D eigenvalue weighted by atomic mass is 16.5. The monoisotopic (exact) mass is 444 g/mol. The molecule has 0 radical (unpaired) electrons. The van der Waals surface area contributed by atoms with Crippen LogP contribution in [0.3, 0.4) is 0 Å². The standard InChI is InChI=1S/C26H28N4O3/c1-17(2)24-22(21-7-5-6-8-23(21)32-4)13-20(14-27)25(28-24)29-10-11-30(18(3)15-29)26(31)19-9-12-33-16-19/h5-9,12-13,16-18H,10-11,15H2,1-4H3. The second-order valence-corrected chi connectivity index (χ2v) is 8.56. The fraction of sp³-hybridized carbons (Fsp3) is 0.346. The zero-order chi connectivity index (χ0) is 23.5. The third-order valence-corrected chi connectivity index (χ3v) is 6.05. The lowest BCUT2D eigenvalue weighted by Gasteiger charge is -2.40. The fourth-order valence-corrected chi connectivity index (χ4v) is 4.37. The highest BCUT2D eigenvalue weighted by Crippen LogP contribution is 2.37. The van der Waals surface area contributed by atoms with E-state index in [9.17, 15) is 10.1 Å². The van der Waals surface area contributed by atoms with Crippen LogP contribution in [0, 0.1) is 11.3 Å². The van der Waals surface area contributed by atoms with Gasteiger partial charge in [0.1, 0.15) is 23.9 Å². The average molecular weight is 445 g/mol. The van der Waals surface area contributed by atoms with Gasteiger partial charge in [0.05, 0.1) is 30.2 Å². The lowest BCUT2D eigenvalue weighted by molar-refractivity contribution is 0.0673. The molecule has 170 valence electrons. The van der Waals surface area contributed by atoms with Crippen LogP contribution in [0.4, 0.5) is 5.82 Å². The molecule has 0 N–H and O–H groups in total. The number of ether oxygens (including phenoxy) is 1. The molecule has 1 amide bonds. The predicted molar refractivity (Wildman–Crippen MR) is 126 cm³/mol. The maximum Gasteiger partial charge on any atom is 0.257 e. The number of benzene rings is 1. The highest BCUT2D eigenvalue weighted by molar-refractivity contribution is 5.94. The summed E-state index contributed by atoms with van der Waals surface area (Å²) >= 11 is 0. The van der Waals surface area contributed by atoms with Crippen molar-refractivity contribution < 1.29 is 13.9 Å². The fourth-order valence-electron chi connectivity index (χ4n) is 4.37. The smallest absolute Gasteiger partial charge is 0.257 e. The first kappa shape index (κ1) is 22.4. The second-order valence-electron chi connectivity index (χ2n) is 8.56. The van der Waals surface area contributed by atoms with Crippen molar-refractivity contribution in [3.63, 3.8) is 0 Å². The molecular weight excluding hydrogens is 416 g/mol. The SMILES string of the molecule is COc1ccccc1-c1cc(C#N)c(N2CCN(C(=O)c3ccoc3)C(C)C2)nc1C(C)C. The molecule has 2 aromatic heterocycles. The van der Waals surface area contributed by atoms with E-state index in [0.717, 1.165) is 22.6 Å². The Balaban J connectivity index is 1.68. The molecule has 1 atom stereocenters. The lowest BCUT2D eigenvalue weighted by atomic mass is 9.95. The number of pyridine rings is 1. The molecule has 0 bridgehead atoms. The van der Waals surface area contributed by atoms with Crippen molar-refractivity contribution in [3.8, 4) is 22.9 Å². The second kappa shape index (κ2) is 9.37. The number of anilines is 1. The summed E-state index contributed by atoms with van der Waals surface area (Å²) in [5.41, 5.74) is 3.81. The number of rotatable bonds is 5. The van der Waals surface area contributed by atoms with E-state index in [4.69, 9.17) is 14.1 Å². The van der Waals surface area contributed by atoms with Gasteiger partial charge >= 0.3 is 0 Å². The van der Waals surface area contributed by atoms with Crippen LogP contribution in [-0.2, 0) is 0 Å². The molecule has 3 heterocycles. The number of furan rings is 1. The Labute approximate surface area is 194 Å². The maximum atomic E-state index is 12.8. The summed E-state index contributed by atoms with van der Waals surface area (Å²) in [5.74, 6) is 1.52. The third-order valence-electron chi connectivity index (χ3n) is 6.05. The van der Waals surface area contributed by atoms with Crippen molar-refractivity contribution in [1.82, 2.24) is 9.88 Å². The molecule has 1 saturated heterocycles. The van der Waals surface area contributed by atoms with E-state index in [0.29, 0.717) is 36.6 Å². The van der Waals surface area contributed by atoms with E-state index in [1.807, 2.05) is 42.2 Å². The first-order chi connectivity index (χ1) is 15.9. The number of carbonyl (C=O) groups is 1. The Morgan fingerprint density at radius 1 is 1.24 bits per heavy atom. The van der Waals surface area contributed by atoms with E-state index < -0.39 is 0 Å². The molecule has 3 aromatic rings. The number of nitrogens with zero attached hydrogens (tertiary/aromatic N) is 4. The number of amides is 1. The molecule has 1 aromatic carbocycles. The summed E-state index contributed by atoms with van der Waals surface area (Å²) in [6.07, 6.45) is 2.98. The number of piperazine rings is 1. The van der Waals surface area contributed by atoms with E-state index in [-0.39, 0.29) is 17.9 Å². The number of carbonyl (C=O) groups excluding carboxylic acids is 1. The topological polar surface area (TPSA) is 82.6 Å². The molecule has 1 unspecified atom stereocenters. The number of hydrogen-bond acceptors (Lipinski definition) is 6. The molecule has 1 fully saturated rings. The Morgan fingerprint density at radius 2 is 2.03 bits per heavy atom. The third kappa shape index (κ3) is 4.29. The Bertz CT molecular complexity index is 1180. The van der Waals surface area contributed by atoms with E-state index in [2.05, 4.69) is 24.8 Å². The van der Waals surface area contributed by atoms with Crippen molar-refractivity contribution in [3.05, 3.63) is 65.7 Å². The molecule has 0 aliphatic carbocycles. The van der Waals surface area contributed by atoms with Crippen molar-refractivity contribution in [2.45, 2.75) is 32.7 Å². The number of nitriles is 1. The lowest BCUT2D eigenvalue weighted by Crippen LogP contribution is -2.54. The van der Waals surface area contributed by atoms with Gasteiger partial charge in [0, 0.05) is 36.8 Å². The normalized spacial score (nSPS) is 16.1. The highest BCUT2D eigenvalue weighted by Gasteiger charge is 2.31. The minimum Gasteiger partial charge on any atom is -0.496 e. The number of methoxy groups -OCH3 is 1. The molecule has 7 heteroatoms. The molecule has 1 aliphatic heterocycles. The summed E-state index contributed by atoms with van der Waals surface area (Å²) in [5, 5.41) is 9.98. The quantitative estimate of drug-likeness (QED) is 0.567. The number of para-hydroxylation sites is 1. The van der Waals surface area contributed by atoms with E-state index in [1.165, 1.54) is 12.5 Å². The Kier molecular flexibility index (Phi) is 6.36. The van der Waals surface area contributed by atoms with Crippen molar-refractivity contribution >= 4 is 11.7 Å². The summed E-state index contributed by atoms with van der Waals surface area (Å²) in [6, 6.07) is 13.7. The molecule has 7 nitrogen and oxygen atoms in total. The van der Waals surface area contributed by atoms with Gasteiger partial charge in [-0.3, -0.25) is 4.79 Å². The van der Waals surface area contributed by atoms with Crippen molar-refractivity contribution in [2.75, 3.05) is 31.6 Å². The Hall–Kier alpha value is -3.79. The van der Waals surface area contributed by atoms with Crippen molar-refractivity contribution in [2.24, 2.45) is 0 Å². The zero-order valence-electron chi connectivity index (χ0n) is 19.4. The number of hydrogen-bond donors (Lipinski definition) is 0. The van der Waals surface area contributed by atoms with Gasteiger partial charge in [0.15, 0.2) is 0 Å². The summed E-state index contributed by atoms with van der Waals surface area (Å²) in [6.45, 7) is 7.95. The Morgan fingerprint density at radius 3 is 2.67 bits per heavy atom. The van der Waals surface area contributed by atoms with Gasteiger partial charge in [-0.05, 0) is 31.0 Å². The van der Waals surface area contributed by atoms with Crippen LogP contribution in [0.25, 0.3) is 11.1 Å². The van der Waals surface area contributed by atoms with Gasteiger partial charge in [-0.15, -0.1) is 0 Å². The first-order valence-corrected chi connectivity index (χ1v) is 11.1. The molecule has 0 saturated carbocycles. The van der Waals surface area contributed by atoms with Gasteiger partial charge < -0.3 is 19.0 Å². The van der Waals surface area contributed by atoms with E-state index >= 15 is 0 Å². The maximum absolute atomic E-state index is 12.8. The molecule has 0 spiro atoms. The largest absolute Gasteiger partial charge is 0.496 e. The summed E-state index contributed by atoms with van der Waals surface area (Å²) in [4.78, 5) is 21.8. The first-order valence-electron chi connectivity index (χ1n) is 11.1. The molecule has 33 heavy (non-hydrogen) atoms. The minimum atomic E-state index is -0.0428. The van der Waals surface area contributed by atoms with Gasteiger partial charge in [0.25, 0.3) is 5.91 Å².